The van der Waals surface area contributed by atoms with Gasteiger partial charge >= 0.3 is 0 Å². The van der Waals surface area contributed by atoms with Crippen molar-refractivity contribution >= 4 is 10.8 Å². The van der Waals surface area contributed by atoms with Crippen molar-refractivity contribution in [2.75, 3.05) is 19.5 Å². The molecule has 3 unspecified atom stereocenters. The van der Waals surface area contributed by atoms with E-state index in [0.29, 0.717) is 12.4 Å². The molecule has 0 spiro atoms. The summed E-state index contributed by atoms with van der Waals surface area (Å²) in [5, 5.41) is 0.202. The molecule has 84 valence electrons. The molecule has 14 heavy (non-hydrogen) atoms. The first-order valence-electron chi connectivity index (χ1n) is 5.37. The normalized spacial score (nSPS) is 31.0. The molecule has 0 aromatic carbocycles. The van der Waals surface area contributed by atoms with Crippen LogP contribution in [0.3, 0.4) is 0 Å². The highest BCUT2D eigenvalue weighted by atomic mass is 32.2. The Morgan fingerprint density at radius 1 is 1.36 bits per heavy atom. The molecule has 0 aliphatic heterocycles. The SMILES string of the molecule is COCCS(=O)C1CCCCCC1N. The van der Waals surface area contributed by atoms with Gasteiger partial charge < -0.3 is 10.5 Å². The van der Waals surface area contributed by atoms with Gasteiger partial charge in [-0.25, -0.2) is 0 Å². The molecule has 0 saturated heterocycles. The van der Waals surface area contributed by atoms with Gasteiger partial charge in [-0.15, -0.1) is 0 Å². The van der Waals surface area contributed by atoms with Gasteiger partial charge in [0, 0.05) is 35.0 Å². The summed E-state index contributed by atoms with van der Waals surface area (Å²) in [5.74, 6) is 0.634. The molecule has 2 N–H and O–H groups in total. The van der Waals surface area contributed by atoms with E-state index in [-0.39, 0.29) is 11.3 Å². The molecule has 1 rings (SSSR count). The van der Waals surface area contributed by atoms with Gasteiger partial charge in [-0.3, -0.25) is 4.21 Å². The minimum absolute atomic E-state index is 0.134. The van der Waals surface area contributed by atoms with Gasteiger partial charge in [0.1, 0.15) is 0 Å². The van der Waals surface area contributed by atoms with Crippen LogP contribution in [0.15, 0.2) is 0 Å². The number of hydrogen-bond donors (Lipinski definition) is 1. The van der Waals surface area contributed by atoms with Crippen LogP contribution in [0.25, 0.3) is 0 Å². The van der Waals surface area contributed by atoms with E-state index in [4.69, 9.17) is 10.5 Å². The van der Waals surface area contributed by atoms with E-state index in [2.05, 4.69) is 0 Å². The fraction of sp³-hybridized carbons (Fsp3) is 1.00. The highest BCUT2D eigenvalue weighted by molar-refractivity contribution is 7.85. The second kappa shape index (κ2) is 6.53. The predicted molar refractivity (Wildman–Crippen MR) is 59.7 cm³/mol. The average Bonchev–Trinajstić information content (AvgIpc) is 2.39. The maximum absolute atomic E-state index is 11.9. The Labute approximate surface area is 88.8 Å². The lowest BCUT2D eigenvalue weighted by Gasteiger charge is -2.20. The second-order valence-electron chi connectivity index (χ2n) is 3.92. The zero-order valence-electron chi connectivity index (χ0n) is 8.91. The molecule has 1 aliphatic rings. The highest BCUT2D eigenvalue weighted by Gasteiger charge is 2.25. The third kappa shape index (κ3) is 3.67. The zero-order valence-corrected chi connectivity index (χ0v) is 9.72. The van der Waals surface area contributed by atoms with Crippen LogP contribution in [0.2, 0.25) is 0 Å². The van der Waals surface area contributed by atoms with Crippen molar-refractivity contribution in [3.05, 3.63) is 0 Å². The first kappa shape index (κ1) is 12.1. The summed E-state index contributed by atoms with van der Waals surface area (Å²) in [6.07, 6.45) is 5.67. The molecule has 0 bridgehead atoms. The smallest absolute Gasteiger partial charge is 0.0577 e. The molecule has 4 heteroatoms. The lowest BCUT2D eigenvalue weighted by atomic mass is 10.1. The largest absolute Gasteiger partial charge is 0.384 e. The van der Waals surface area contributed by atoms with Crippen LogP contribution in [-0.2, 0) is 15.5 Å². The fourth-order valence-electron chi connectivity index (χ4n) is 1.95. The lowest BCUT2D eigenvalue weighted by molar-refractivity contribution is 0.217. The van der Waals surface area contributed by atoms with Crippen molar-refractivity contribution in [3.63, 3.8) is 0 Å². The standard InChI is InChI=1S/C10H21NO2S/c1-13-7-8-14(12)10-6-4-2-3-5-9(10)11/h9-10H,2-8,11H2,1H3. The predicted octanol–water partition coefficient (Wildman–Crippen LogP) is 1.04. The Morgan fingerprint density at radius 3 is 2.79 bits per heavy atom. The summed E-state index contributed by atoms with van der Waals surface area (Å²) in [4.78, 5) is 0. The molecule has 1 fully saturated rings. The molecular formula is C10H21NO2S. The molecule has 0 radical (unpaired) electrons. The molecule has 0 heterocycles. The van der Waals surface area contributed by atoms with Crippen LogP contribution in [0.4, 0.5) is 0 Å². The quantitative estimate of drug-likeness (QED) is 0.719. The van der Waals surface area contributed by atoms with Gasteiger partial charge in [-0.2, -0.15) is 0 Å². The summed E-state index contributed by atoms with van der Waals surface area (Å²) in [6, 6.07) is 0.134. The summed E-state index contributed by atoms with van der Waals surface area (Å²) in [6.45, 7) is 0.579. The zero-order chi connectivity index (χ0) is 10.4. The third-order valence-electron chi connectivity index (χ3n) is 2.83. The minimum Gasteiger partial charge on any atom is -0.384 e. The summed E-state index contributed by atoms with van der Waals surface area (Å²) < 4.78 is 16.8. The first-order chi connectivity index (χ1) is 6.75. The number of ether oxygens (including phenoxy) is 1. The van der Waals surface area contributed by atoms with E-state index in [1.807, 2.05) is 0 Å². The van der Waals surface area contributed by atoms with Gasteiger partial charge in [-0.05, 0) is 12.8 Å². The molecule has 1 aliphatic carbocycles. The maximum Gasteiger partial charge on any atom is 0.0577 e. The topological polar surface area (TPSA) is 52.3 Å². The molecule has 0 aromatic heterocycles. The van der Waals surface area contributed by atoms with E-state index in [1.54, 1.807) is 7.11 Å². The molecule has 1 saturated carbocycles. The summed E-state index contributed by atoms with van der Waals surface area (Å²) in [7, 11) is 0.846. The second-order valence-corrected chi connectivity index (χ2v) is 5.69. The number of rotatable bonds is 4. The van der Waals surface area contributed by atoms with Crippen LogP contribution in [0.5, 0.6) is 0 Å². The average molecular weight is 219 g/mol. The van der Waals surface area contributed by atoms with Crippen LogP contribution < -0.4 is 5.73 Å². The number of nitrogens with two attached hydrogens (primary N) is 1. The Hall–Kier alpha value is 0.0700. The van der Waals surface area contributed by atoms with Crippen LogP contribution in [0, 0.1) is 0 Å². The van der Waals surface area contributed by atoms with Crippen molar-refractivity contribution in [1.29, 1.82) is 0 Å². The van der Waals surface area contributed by atoms with Gasteiger partial charge in [-0.1, -0.05) is 19.3 Å². The highest BCUT2D eigenvalue weighted by Crippen LogP contribution is 2.20. The Balaban J connectivity index is 2.41. The molecular weight excluding hydrogens is 198 g/mol. The Bertz CT molecular complexity index is 187. The molecule has 3 nitrogen and oxygen atoms in total. The Morgan fingerprint density at radius 2 is 2.07 bits per heavy atom. The monoisotopic (exact) mass is 219 g/mol. The van der Waals surface area contributed by atoms with Crippen LogP contribution in [-0.4, -0.2) is 35.0 Å². The lowest BCUT2D eigenvalue weighted by Crippen LogP contribution is -2.38. The van der Waals surface area contributed by atoms with E-state index in [1.165, 1.54) is 19.3 Å². The fourth-order valence-corrected chi connectivity index (χ4v) is 3.53. The minimum atomic E-state index is -0.798. The maximum atomic E-state index is 11.9. The van der Waals surface area contributed by atoms with Crippen molar-refractivity contribution < 1.29 is 8.95 Å². The van der Waals surface area contributed by atoms with E-state index >= 15 is 0 Å². The van der Waals surface area contributed by atoms with Gasteiger partial charge in [0.05, 0.1) is 6.61 Å². The van der Waals surface area contributed by atoms with E-state index in [9.17, 15) is 4.21 Å². The molecule has 3 atom stereocenters. The number of hydrogen-bond acceptors (Lipinski definition) is 3. The Kier molecular flexibility index (Phi) is 5.67. The van der Waals surface area contributed by atoms with Crippen molar-refractivity contribution in [2.24, 2.45) is 5.73 Å². The third-order valence-corrected chi connectivity index (χ3v) is 4.66. The molecule has 0 aromatic rings. The van der Waals surface area contributed by atoms with Gasteiger partial charge in [0.2, 0.25) is 0 Å². The van der Waals surface area contributed by atoms with Crippen molar-refractivity contribution in [2.45, 2.75) is 43.4 Å². The summed E-state index contributed by atoms with van der Waals surface area (Å²) in [5.41, 5.74) is 6.02. The van der Waals surface area contributed by atoms with Gasteiger partial charge in [0.15, 0.2) is 0 Å². The van der Waals surface area contributed by atoms with Crippen LogP contribution >= 0.6 is 0 Å². The summed E-state index contributed by atoms with van der Waals surface area (Å²) >= 11 is 0. The van der Waals surface area contributed by atoms with Crippen molar-refractivity contribution in [1.82, 2.24) is 0 Å². The van der Waals surface area contributed by atoms with E-state index in [0.717, 1.165) is 12.8 Å². The molecule has 0 amide bonds. The van der Waals surface area contributed by atoms with Crippen LogP contribution in [0.1, 0.15) is 32.1 Å². The number of methoxy groups -OCH3 is 1. The van der Waals surface area contributed by atoms with E-state index < -0.39 is 10.8 Å². The first-order valence-corrected chi connectivity index (χ1v) is 6.75. The van der Waals surface area contributed by atoms with Crippen molar-refractivity contribution in [3.8, 4) is 0 Å². The van der Waals surface area contributed by atoms with Gasteiger partial charge in [0.25, 0.3) is 0 Å².